The van der Waals surface area contributed by atoms with E-state index in [4.69, 9.17) is 12.2 Å². The van der Waals surface area contributed by atoms with Crippen molar-refractivity contribution in [1.82, 2.24) is 15.5 Å². The lowest BCUT2D eigenvalue weighted by Crippen LogP contribution is -2.60. The monoisotopic (exact) mass is 335 g/mol. The van der Waals surface area contributed by atoms with Gasteiger partial charge in [0.05, 0.1) is 0 Å². The molecule has 6 heteroatoms. The van der Waals surface area contributed by atoms with Crippen molar-refractivity contribution in [1.29, 1.82) is 0 Å². The van der Waals surface area contributed by atoms with E-state index in [1.54, 1.807) is 12.1 Å². The molecular formula is C17H22FN3OS. The van der Waals surface area contributed by atoms with Gasteiger partial charge in [0.15, 0.2) is 5.11 Å². The van der Waals surface area contributed by atoms with Gasteiger partial charge < -0.3 is 15.5 Å². The predicted molar refractivity (Wildman–Crippen MR) is 91.8 cm³/mol. The summed E-state index contributed by atoms with van der Waals surface area (Å²) in [7, 11) is 1.86. The van der Waals surface area contributed by atoms with Crippen LogP contribution < -0.4 is 10.6 Å². The van der Waals surface area contributed by atoms with Crippen molar-refractivity contribution in [3.05, 3.63) is 35.6 Å². The molecule has 2 bridgehead atoms. The molecule has 0 unspecified atom stereocenters. The van der Waals surface area contributed by atoms with Crippen molar-refractivity contribution in [2.45, 2.75) is 50.2 Å². The van der Waals surface area contributed by atoms with E-state index in [2.05, 4.69) is 15.5 Å². The molecule has 2 atom stereocenters. The molecule has 3 rings (SSSR count). The molecule has 0 aromatic heterocycles. The highest BCUT2D eigenvalue weighted by Crippen LogP contribution is 2.34. The minimum Gasteiger partial charge on any atom is -0.366 e. The lowest BCUT2D eigenvalue weighted by molar-refractivity contribution is 0.0742. The third-order valence-corrected chi connectivity index (χ3v) is 5.26. The number of carbonyl (C=O) groups excluding carboxylic acids is 1. The van der Waals surface area contributed by atoms with Gasteiger partial charge in [0.1, 0.15) is 5.82 Å². The Morgan fingerprint density at radius 2 is 2.00 bits per heavy atom. The lowest BCUT2D eigenvalue weighted by atomic mass is 9.82. The minimum atomic E-state index is -0.385. The standard InChI is InChI=1S/C17H22FN3OS/c1-19-17(23)21-14-6-3-7-15(21)10-13(9-14)20-16(22)11-4-2-5-12(18)8-11/h2,4-5,8,13-15H,3,6-7,9-10H2,1H3,(H,19,23)(H,20,22)/t14-,15-/m0/s1. The number of hydrogen-bond donors (Lipinski definition) is 2. The molecule has 124 valence electrons. The molecule has 2 aliphatic heterocycles. The minimum absolute atomic E-state index is 0.122. The van der Waals surface area contributed by atoms with E-state index in [-0.39, 0.29) is 17.8 Å². The maximum absolute atomic E-state index is 13.3. The summed E-state index contributed by atoms with van der Waals surface area (Å²) in [4.78, 5) is 14.6. The van der Waals surface area contributed by atoms with E-state index in [1.165, 1.54) is 18.6 Å². The molecule has 23 heavy (non-hydrogen) atoms. The van der Waals surface area contributed by atoms with Gasteiger partial charge in [-0.05, 0) is 62.5 Å². The molecule has 1 amide bonds. The number of halogens is 1. The molecule has 1 aromatic carbocycles. The Hall–Kier alpha value is -1.69. The number of fused-ring (bicyclic) bond motifs is 2. The Morgan fingerprint density at radius 3 is 2.61 bits per heavy atom. The number of piperidine rings is 2. The molecule has 4 nitrogen and oxygen atoms in total. The molecule has 0 saturated carbocycles. The molecule has 0 spiro atoms. The molecule has 2 saturated heterocycles. The maximum atomic E-state index is 13.3. The van der Waals surface area contributed by atoms with Crippen LogP contribution in [0.2, 0.25) is 0 Å². The van der Waals surface area contributed by atoms with E-state index in [0.29, 0.717) is 17.6 Å². The highest BCUT2D eigenvalue weighted by atomic mass is 32.1. The number of carbonyl (C=O) groups is 1. The average Bonchev–Trinajstić information content (AvgIpc) is 2.53. The maximum Gasteiger partial charge on any atom is 0.251 e. The molecule has 0 aliphatic carbocycles. The Morgan fingerprint density at radius 1 is 1.30 bits per heavy atom. The zero-order valence-electron chi connectivity index (χ0n) is 13.2. The van der Waals surface area contributed by atoms with Gasteiger partial charge in [0.25, 0.3) is 5.91 Å². The SMILES string of the molecule is CNC(=S)N1[C@H]2CCC[C@H]1CC(NC(=O)c1cccc(F)c1)C2. The summed E-state index contributed by atoms with van der Waals surface area (Å²) in [5.41, 5.74) is 0.378. The van der Waals surface area contributed by atoms with Crippen LogP contribution in [-0.2, 0) is 0 Å². The van der Waals surface area contributed by atoms with E-state index >= 15 is 0 Å². The molecule has 2 aliphatic rings. The van der Waals surface area contributed by atoms with Crippen molar-refractivity contribution in [3.63, 3.8) is 0 Å². The van der Waals surface area contributed by atoms with Crippen molar-refractivity contribution in [3.8, 4) is 0 Å². The first-order chi connectivity index (χ1) is 11.1. The molecule has 2 fully saturated rings. The van der Waals surface area contributed by atoms with Crippen LogP contribution in [0.4, 0.5) is 4.39 Å². The van der Waals surface area contributed by atoms with Gasteiger partial charge in [0.2, 0.25) is 0 Å². The number of thiocarbonyl (C=S) groups is 1. The normalized spacial score (nSPS) is 26.5. The van der Waals surface area contributed by atoms with Crippen molar-refractivity contribution in [2.24, 2.45) is 0 Å². The van der Waals surface area contributed by atoms with Crippen LogP contribution in [0.5, 0.6) is 0 Å². The zero-order valence-corrected chi connectivity index (χ0v) is 14.0. The lowest BCUT2D eigenvalue weighted by Gasteiger charge is -2.50. The van der Waals surface area contributed by atoms with E-state index in [1.807, 2.05) is 7.05 Å². The second-order valence-corrected chi connectivity index (χ2v) is 6.74. The van der Waals surface area contributed by atoms with Gasteiger partial charge in [-0.15, -0.1) is 0 Å². The Bertz CT molecular complexity index is 595. The smallest absolute Gasteiger partial charge is 0.251 e. The fourth-order valence-corrected chi connectivity index (χ4v) is 4.16. The Balaban J connectivity index is 1.67. The van der Waals surface area contributed by atoms with Crippen LogP contribution >= 0.6 is 12.2 Å². The van der Waals surface area contributed by atoms with Crippen LogP contribution in [0.15, 0.2) is 24.3 Å². The van der Waals surface area contributed by atoms with Gasteiger partial charge in [-0.1, -0.05) is 6.07 Å². The quantitative estimate of drug-likeness (QED) is 0.815. The number of hydrogen-bond acceptors (Lipinski definition) is 2. The van der Waals surface area contributed by atoms with Crippen molar-refractivity contribution >= 4 is 23.2 Å². The molecular weight excluding hydrogens is 313 g/mol. The van der Waals surface area contributed by atoms with Crippen LogP contribution in [0.3, 0.4) is 0 Å². The fraction of sp³-hybridized carbons (Fsp3) is 0.529. The van der Waals surface area contributed by atoms with E-state index in [0.717, 1.165) is 30.8 Å². The fourth-order valence-electron chi connectivity index (χ4n) is 3.86. The van der Waals surface area contributed by atoms with Crippen LogP contribution in [0.1, 0.15) is 42.5 Å². The Kier molecular flexibility index (Phi) is 4.80. The topological polar surface area (TPSA) is 44.4 Å². The van der Waals surface area contributed by atoms with Crippen LogP contribution in [0.25, 0.3) is 0 Å². The second kappa shape index (κ2) is 6.83. The Labute approximate surface area is 141 Å². The molecule has 2 heterocycles. The van der Waals surface area contributed by atoms with E-state index in [9.17, 15) is 9.18 Å². The van der Waals surface area contributed by atoms with Crippen LogP contribution in [-0.4, -0.2) is 41.1 Å². The summed E-state index contributed by atoms with van der Waals surface area (Å²) < 4.78 is 13.3. The third-order valence-electron chi connectivity index (χ3n) is 4.85. The zero-order chi connectivity index (χ0) is 16.4. The second-order valence-electron chi connectivity index (χ2n) is 6.35. The number of amides is 1. The number of nitrogens with one attached hydrogen (secondary N) is 2. The highest BCUT2D eigenvalue weighted by Gasteiger charge is 2.39. The summed E-state index contributed by atoms with van der Waals surface area (Å²) >= 11 is 5.43. The summed E-state index contributed by atoms with van der Waals surface area (Å²) in [6.45, 7) is 0. The number of nitrogens with zero attached hydrogens (tertiary/aromatic N) is 1. The van der Waals surface area contributed by atoms with Gasteiger partial charge in [-0.2, -0.15) is 0 Å². The average molecular weight is 335 g/mol. The molecule has 0 radical (unpaired) electrons. The van der Waals surface area contributed by atoms with Gasteiger partial charge >= 0.3 is 0 Å². The number of rotatable bonds is 2. The highest BCUT2D eigenvalue weighted by molar-refractivity contribution is 7.80. The van der Waals surface area contributed by atoms with Crippen molar-refractivity contribution in [2.75, 3.05) is 7.05 Å². The van der Waals surface area contributed by atoms with Gasteiger partial charge in [-0.25, -0.2) is 4.39 Å². The third kappa shape index (κ3) is 3.47. The summed E-state index contributed by atoms with van der Waals surface area (Å²) in [5.74, 6) is -0.582. The summed E-state index contributed by atoms with van der Waals surface area (Å²) in [6, 6.07) is 6.70. The first-order valence-corrected chi connectivity index (χ1v) is 8.56. The molecule has 1 aromatic rings. The first-order valence-electron chi connectivity index (χ1n) is 8.15. The first kappa shape index (κ1) is 16.2. The summed E-state index contributed by atoms with van der Waals surface area (Å²) in [6.07, 6.45) is 5.19. The van der Waals surface area contributed by atoms with Crippen LogP contribution in [0, 0.1) is 5.82 Å². The van der Waals surface area contributed by atoms with Gasteiger partial charge in [0, 0.05) is 30.7 Å². The molecule has 2 N–H and O–H groups in total. The summed E-state index contributed by atoms with van der Waals surface area (Å²) in [5, 5.41) is 6.95. The number of benzene rings is 1. The van der Waals surface area contributed by atoms with Crippen molar-refractivity contribution < 1.29 is 9.18 Å². The predicted octanol–water partition coefficient (Wildman–Crippen LogP) is 2.45. The van der Waals surface area contributed by atoms with E-state index < -0.39 is 0 Å². The van der Waals surface area contributed by atoms with Gasteiger partial charge in [-0.3, -0.25) is 4.79 Å². The largest absolute Gasteiger partial charge is 0.366 e.